The largest absolute Gasteiger partial charge is 0.388 e. The molecule has 0 aliphatic carbocycles. The lowest BCUT2D eigenvalue weighted by atomic mass is 9.96. The van der Waals surface area contributed by atoms with Crippen LogP contribution >= 0.6 is 0 Å². The number of aliphatic hydroxyl groups is 1. The maximum Gasteiger partial charge on any atom is 0.220 e. The maximum absolute atomic E-state index is 13.5. The molecule has 2 N–H and O–H groups in total. The van der Waals surface area contributed by atoms with Crippen molar-refractivity contribution >= 4 is 5.91 Å². The van der Waals surface area contributed by atoms with E-state index in [1.807, 2.05) is 30.3 Å². The SMILES string of the molecule is CC(O)(CCc1ccccc1)CNC(=O)CCc1ccccc1F. The van der Waals surface area contributed by atoms with Crippen LogP contribution in [0.1, 0.15) is 30.9 Å². The van der Waals surface area contributed by atoms with E-state index >= 15 is 0 Å². The Hall–Kier alpha value is -2.20. The third-order valence-corrected chi connectivity index (χ3v) is 4.04. The van der Waals surface area contributed by atoms with E-state index in [1.54, 1.807) is 25.1 Å². The van der Waals surface area contributed by atoms with Crippen LogP contribution in [0.4, 0.5) is 4.39 Å². The molecule has 128 valence electrons. The van der Waals surface area contributed by atoms with E-state index in [2.05, 4.69) is 5.32 Å². The van der Waals surface area contributed by atoms with Gasteiger partial charge in [0.1, 0.15) is 5.82 Å². The van der Waals surface area contributed by atoms with Crippen molar-refractivity contribution in [3.63, 3.8) is 0 Å². The zero-order valence-electron chi connectivity index (χ0n) is 14.0. The van der Waals surface area contributed by atoms with Crippen molar-refractivity contribution < 1.29 is 14.3 Å². The molecule has 2 aromatic carbocycles. The number of aryl methyl sites for hydroxylation is 2. The molecule has 0 saturated heterocycles. The maximum atomic E-state index is 13.5. The fourth-order valence-electron chi connectivity index (χ4n) is 2.47. The van der Waals surface area contributed by atoms with Gasteiger partial charge < -0.3 is 10.4 Å². The summed E-state index contributed by atoms with van der Waals surface area (Å²) >= 11 is 0. The van der Waals surface area contributed by atoms with Gasteiger partial charge in [0.15, 0.2) is 0 Å². The van der Waals surface area contributed by atoms with Crippen LogP contribution in [0.3, 0.4) is 0 Å². The lowest BCUT2D eigenvalue weighted by Gasteiger charge is -2.23. The molecular formula is C20H24FNO2. The predicted octanol–water partition coefficient (Wildman–Crippen LogP) is 3.26. The minimum Gasteiger partial charge on any atom is -0.388 e. The lowest BCUT2D eigenvalue weighted by Crippen LogP contribution is -2.41. The molecule has 3 nitrogen and oxygen atoms in total. The van der Waals surface area contributed by atoms with E-state index in [4.69, 9.17) is 0 Å². The Bertz CT molecular complexity index is 656. The standard InChI is InChI=1S/C20H24FNO2/c1-20(24,14-13-16-7-3-2-4-8-16)15-22-19(23)12-11-17-9-5-6-10-18(17)21/h2-10,24H,11-15H2,1H3,(H,22,23). The number of halogens is 1. The summed E-state index contributed by atoms with van der Waals surface area (Å²) in [6, 6.07) is 16.4. The number of hydrogen-bond acceptors (Lipinski definition) is 2. The lowest BCUT2D eigenvalue weighted by molar-refractivity contribution is -0.122. The van der Waals surface area contributed by atoms with Crippen LogP contribution in [0.2, 0.25) is 0 Å². The summed E-state index contributed by atoms with van der Waals surface area (Å²) in [7, 11) is 0. The molecule has 0 heterocycles. The van der Waals surface area contributed by atoms with Gasteiger partial charge in [-0.3, -0.25) is 4.79 Å². The Kier molecular flexibility index (Phi) is 6.50. The minimum atomic E-state index is -0.969. The van der Waals surface area contributed by atoms with Crippen LogP contribution in [0.25, 0.3) is 0 Å². The second kappa shape index (κ2) is 8.60. The summed E-state index contributed by atoms with van der Waals surface area (Å²) < 4.78 is 13.5. The van der Waals surface area contributed by atoms with Crippen LogP contribution < -0.4 is 5.32 Å². The predicted molar refractivity (Wildman–Crippen MR) is 93.1 cm³/mol. The molecule has 0 spiro atoms. The highest BCUT2D eigenvalue weighted by Crippen LogP contribution is 2.14. The molecule has 4 heteroatoms. The molecule has 0 saturated carbocycles. The average molecular weight is 329 g/mol. The van der Waals surface area contributed by atoms with Crippen molar-refractivity contribution in [2.24, 2.45) is 0 Å². The Morgan fingerprint density at radius 1 is 1.08 bits per heavy atom. The highest BCUT2D eigenvalue weighted by molar-refractivity contribution is 5.76. The summed E-state index contributed by atoms with van der Waals surface area (Å²) in [6.07, 6.45) is 1.86. The molecule has 1 unspecified atom stereocenters. The molecular weight excluding hydrogens is 305 g/mol. The minimum absolute atomic E-state index is 0.182. The first-order chi connectivity index (χ1) is 11.5. The van der Waals surface area contributed by atoms with Gasteiger partial charge in [-0.25, -0.2) is 4.39 Å². The quantitative estimate of drug-likeness (QED) is 0.781. The number of amides is 1. The van der Waals surface area contributed by atoms with E-state index < -0.39 is 5.60 Å². The summed E-state index contributed by atoms with van der Waals surface area (Å²) in [5.74, 6) is -0.474. The monoisotopic (exact) mass is 329 g/mol. The van der Waals surface area contributed by atoms with Crippen LogP contribution in [-0.2, 0) is 17.6 Å². The highest BCUT2D eigenvalue weighted by Gasteiger charge is 2.21. The van der Waals surface area contributed by atoms with Gasteiger partial charge in [-0.15, -0.1) is 0 Å². The summed E-state index contributed by atoms with van der Waals surface area (Å²) in [5.41, 5.74) is 0.718. The molecule has 0 aliphatic heterocycles. The second-order valence-electron chi connectivity index (χ2n) is 6.35. The first-order valence-corrected chi connectivity index (χ1v) is 8.23. The fraction of sp³-hybridized carbons (Fsp3) is 0.350. The average Bonchev–Trinajstić information content (AvgIpc) is 2.59. The molecule has 0 radical (unpaired) electrons. The Morgan fingerprint density at radius 2 is 1.75 bits per heavy atom. The van der Waals surface area contributed by atoms with Crippen molar-refractivity contribution in [2.45, 2.75) is 38.2 Å². The van der Waals surface area contributed by atoms with Gasteiger partial charge in [0.05, 0.1) is 5.60 Å². The van der Waals surface area contributed by atoms with Crippen molar-refractivity contribution in [1.29, 1.82) is 0 Å². The van der Waals surface area contributed by atoms with E-state index in [0.29, 0.717) is 18.4 Å². The molecule has 1 amide bonds. The van der Waals surface area contributed by atoms with Crippen LogP contribution in [0.15, 0.2) is 54.6 Å². The molecule has 1 atom stereocenters. The molecule has 2 rings (SSSR count). The van der Waals surface area contributed by atoms with Crippen LogP contribution in [0.5, 0.6) is 0 Å². The van der Waals surface area contributed by atoms with Gasteiger partial charge in [0.2, 0.25) is 5.91 Å². The zero-order chi connectivity index (χ0) is 17.4. The number of carbonyl (C=O) groups excluding carboxylic acids is 1. The molecule has 0 bridgehead atoms. The molecule has 2 aromatic rings. The van der Waals surface area contributed by atoms with Crippen molar-refractivity contribution in [2.75, 3.05) is 6.54 Å². The second-order valence-corrected chi connectivity index (χ2v) is 6.35. The number of nitrogens with one attached hydrogen (secondary N) is 1. The van der Waals surface area contributed by atoms with Gasteiger partial charge >= 0.3 is 0 Å². The van der Waals surface area contributed by atoms with E-state index in [0.717, 1.165) is 12.0 Å². The van der Waals surface area contributed by atoms with Crippen molar-refractivity contribution in [1.82, 2.24) is 5.32 Å². The Balaban J connectivity index is 1.72. The fourth-order valence-corrected chi connectivity index (χ4v) is 2.47. The summed E-state index contributed by atoms with van der Waals surface area (Å²) in [5, 5.41) is 13.1. The Morgan fingerprint density at radius 3 is 2.46 bits per heavy atom. The molecule has 0 aromatic heterocycles. The zero-order valence-corrected chi connectivity index (χ0v) is 14.0. The third-order valence-electron chi connectivity index (χ3n) is 4.04. The number of hydrogen-bond donors (Lipinski definition) is 2. The van der Waals surface area contributed by atoms with E-state index in [9.17, 15) is 14.3 Å². The van der Waals surface area contributed by atoms with Crippen LogP contribution in [-0.4, -0.2) is 23.2 Å². The Labute approximate surface area is 142 Å². The highest BCUT2D eigenvalue weighted by atomic mass is 19.1. The molecule has 24 heavy (non-hydrogen) atoms. The van der Waals surface area contributed by atoms with Gasteiger partial charge in [-0.05, 0) is 43.4 Å². The van der Waals surface area contributed by atoms with Gasteiger partial charge in [0, 0.05) is 13.0 Å². The van der Waals surface area contributed by atoms with Crippen molar-refractivity contribution in [3.05, 3.63) is 71.5 Å². The number of carbonyl (C=O) groups is 1. The van der Waals surface area contributed by atoms with Crippen LogP contribution in [0, 0.1) is 5.82 Å². The van der Waals surface area contributed by atoms with E-state index in [1.165, 1.54) is 6.07 Å². The molecule has 0 aliphatic rings. The number of benzene rings is 2. The van der Waals surface area contributed by atoms with E-state index in [-0.39, 0.29) is 24.7 Å². The van der Waals surface area contributed by atoms with Gasteiger partial charge in [-0.1, -0.05) is 48.5 Å². The molecule has 0 fully saturated rings. The number of rotatable bonds is 8. The topological polar surface area (TPSA) is 49.3 Å². The first kappa shape index (κ1) is 18.1. The normalized spacial score (nSPS) is 13.3. The van der Waals surface area contributed by atoms with Gasteiger partial charge in [-0.2, -0.15) is 0 Å². The smallest absolute Gasteiger partial charge is 0.220 e. The third kappa shape index (κ3) is 6.13. The van der Waals surface area contributed by atoms with Crippen molar-refractivity contribution in [3.8, 4) is 0 Å². The van der Waals surface area contributed by atoms with Gasteiger partial charge in [0.25, 0.3) is 0 Å². The summed E-state index contributed by atoms with van der Waals surface area (Å²) in [4.78, 5) is 11.9. The first-order valence-electron chi connectivity index (χ1n) is 8.23. The summed E-state index contributed by atoms with van der Waals surface area (Å²) in [6.45, 7) is 1.91.